The molecule has 0 radical (unpaired) electrons. The molecule has 0 amide bonds. The first-order valence-electron chi connectivity index (χ1n) is 4.72. The number of benzene rings is 1. The van der Waals surface area contributed by atoms with Gasteiger partial charge in [0.15, 0.2) is 0 Å². The van der Waals surface area contributed by atoms with Crippen LogP contribution in [0.5, 0.6) is 6.08 Å². The van der Waals surface area contributed by atoms with Crippen molar-refractivity contribution in [2.45, 2.75) is 6.92 Å². The van der Waals surface area contributed by atoms with Gasteiger partial charge in [0.1, 0.15) is 5.82 Å². The van der Waals surface area contributed by atoms with E-state index < -0.39 is 5.82 Å². The van der Waals surface area contributed by atoms with E-state index in [0.29, 0.717) is 12.3 Å². The Kier molecular flexibility index (Phi) is 2.72. The minimum atomic E-state index is -0.508. The van der Waals surface area contributed by atoms with E-state index in [2.05, 4.69) is 10.2 Å². The minimum Gasteiger partial charge on any atom is -0.449 e. The molecule has 0 saturated heterocycles. The van der Waals surface area contributed by atoms with Crippen LogP contribution in [-0.4, -0.2) is 16.8 Å². The molecule has 0 spiro atoms. The van der Waals surface area contributed by atoms with E-state index in [9.17, 15) is 4.39 Å². The fourth-order valence-electron chi connectivity index (χ4n) is 1.21. The number of aromatic nitrogens is 2. The second-order valence-electron chi connectivity index (χ2n) is 3.05. The smallest absolute Gasteiger partial charge is 0.414 e. The Morgan fingerprint density at radius 1 is 1.44 bits per heavy atom. The predicted octanol–water partition coefficient (Wildman–Crippen LogP) is 1.86. The molecule has 16 heavy (non-hydrogen) atoms. The first kappa shape index (κ1) is 10.4. The van der Waals surface area contributed by atoms with Gasteiger partial charge in [-0.15, -0.1) is 5.10 Å². The lowest BCUT2D eigenvalue weighted by Gasteiger charge is -1.98. The van der Waals surface area contributed by atoms with Gasteiger partial charge in [0, 0.05) is 5.69 Å². The highest BCUT2D eigenvalue weighted by molar-refractivity contribution is 5.58. The van der Waals surface area contributed by atoms with Gasteiger partial charge in [0.2, 0.25) is 0 Å². The standard InChI is InChI=1S/C10H10FN3O2/c1-2-15-10-14-13-9(16-10)7-4-3-6(12)5-8(7)11/h3-5H,2,12H2,1H3. The van der Waals surface area contributed by atoms with E-state index in [1.54, 1.807) is 13.0 Å². The third kappa shape index (κ3) is 1.95. The zero-order valence-corrected chi connectivity index (χ0v) is 8.61. The van der Waals surface area contributed by atoms with Crippen LogP contribution in [0.4, 0.5) is 10.1 Å². The fraction of sp³-hybridized carbons (Fsp3) is 0.200. The highest BCUT2D eigenvalue weighted by Crippen LogP contribution is 2.24. The summed E-state index contributed by atoms with van der Waals surface area (Å²) >= 11 is 0. The molecule has 1 heterocycles. The molecule has 6 heteroatoms. The number of halogens is 1. The normalized spacial score (nSPS) is 10.4. The minimum absolute atomic E-state index is 0.0220. The lowest BCUT2D eigenvalue weighted by atomic mass is 10.2. The molecule has 5 nitrogen and oxygen atoms in total. The molecule has 1 aromatic heterocycles. The maximum absolute atomic E-state index is 13.5. The van der Waals surface area contributed by atoms with E-state index >= 15 is 0 Å². The summed E-state index contributed by atoms with van der Waals surface area (Å²) in [5.41, 5.74) is 5.97. The van der Waals surface area contributed by atoms with Gasteiger partial charge in [-0.1, -0.05) is 5.10 Å². The van der Waals surface area contributed by atoms with Gasteiger partial charge in [-0.2, -0.15) is 0 Å². The van der Waals surface area contributed by atoms with Crippen molar-refractivity contribution in [3.63, 3.8) is 0 Å². The largest absolute Gasteiger partial charge is 0.449 e. The predicted molar refractivity (Wildman–Crippen MR) is 55.3 cm³/mol. The third-order valence-corrected chi connectivity index (χ3v) is 1.90. The van der Waals surface area contributed by atoms with E-state index in [0.717, 1.165) is 0 Å². The zero-order valence-electron chi connectivity index (χ0n) is 8.61. The summed E-state index contributed by atoms with van der Waals surface area (Å²) in [4.78, 5) is 0. The molecule has 0 saturated carbocycles. The quantitative estimate of drug-likeness (QED) is 0.804. The molecular formula is C10H10FN3O2. The monoisotopic (exact) mass is 223 g/mol. The number of hydrogen-bond donors (Lipinski definition) is 1. The van der Waals surface area contributed by atoms with Crippen molar-refractivity contribution in [3.8, 4) is 17.5 Å². The number of rotatable bonds is 3. The van der Waals surface area contributed by atoms with E-state index in [1.807, 2.05) is 0 Å². The van der Waals surface area contributed by atoms with Crippen molar-refractivity contribution in [3.05, 3.63) is 24.0 Å². The van der Waals surface area contributed by atoms with Gasteiger partial charge in [-0.05, 0) is 25.1 Å². The highest BCUT2D eigenvalue weighted by Gasteiger charge is 2.13. The maximum Gasteiger partial charge on any atom is 0.414 e. The third-order valence-electron chi connectivity index (χ3n) is 1.90. The highest BCUT2D eigenvalue weighted by atomic mass is 19.1. The van der Waals surface area contributed by atoms with Crippen LogP contribution in [0.2, 0.25) is 0 Å². The number of nitrogens with two attached hydrogens (primary N) is 1. The molecule has 2 rings (SSSR count). The van der Waals surface area contributed by atoms with Crippen molar-refractivity contribution in [2.24, 2.45) is 0 Å². The topological polar surface area (TPSA) is 74.2 Å². The zero-order chi connectivity index (χ0) is 11.5. The summed E-state index contributed by atoms with van der Waals surface area (Å²) in [5.74, 6) is -0.437. The van der Waals surface area contributed by atoms with Crippen molar-refractivity contribution in [1.29, 1.82) is 0 Å². The first-order valence-corrected chi connectivity index (χ1v) is 4.72. The second kappa shape index (κ2) is 4.18. The molecule has 0 fully saturated rings. The maximum atomic E-state index is 13.5. The summed E-state index contributed by atoms with van der Waals surface area (Å²) in [6.45, 7) is 2.19. The van der Waals surface area contributed by atoms with Crippen molar-refractivity contribution >= 4 is 5.69 Å². The molecule has 0 unspecified atom stereocenters. The Hall–Kier alpha value is -2.11. The van der Waals surface area contributed by atoms with Crippen LogP contribution in [0.3, 0.4) is 0 Å². The number of ether oxygens (including phenoxy) is 1. The number of anilines is 1. The molecule has 0 bridgehead atoms. The van der Waals surface area contributed by atoms with Crippen LogP contribution >= 0.6 is 0 Å². The molecule has 0 aliphatic rings. The average molecular weight is 223 g/mol. The van der Waals surface area contributed by atoms with Crippen LogP contribution < -0.4 is 10.5 Å². The molecule has 2 N–H and O–H groups in total. The Morgan fingerprint density at radius 2 is 2.25 bits per heavy atom. The van der Waals surface area contributed by atoms with Gasteiger partial charge < -0.3 is 14.9 Å². The molecule has 1 aromatic carbocycles. The van der Waals surface area contributed by atoms with E-state index in [1.165, 1.54) is 12.1 Å². The lowest BCUT2D eigenvalue weighted by molar-refractivity contribution is 0.246. The number of nitrogen functional groups attached to an aromatic ring is 1. The number of hydrogen-bond acceptors (Lipinski definition) is 5. The summed E-state index contributed by atoms with van der Waals surface area (Å²) in [6, 6.07) is 4.23. The molecular weight excluding hydrogens is 213 g/mol. The van der Waals surface area contributed by atoms with Crippen molar-refractivity contribution < 1.29 is 13.5 Å². The van der Waals surface area contributed by atoms with Gasteiger partial charge in [-0.25, -0.2) is 4.39 Å². The van der Waals surface area contributed by atoms with E-state index in [-0.39, 0.29) is 17.5 Å². The Balaban J connectivity index is 2.35. The summed E-state index contributed by atoms with van der Waals surface area (Å²) in [7, 11) is 0. The van der Waals surface area contributed by atoms with Crippen LogP contribution in [-0.2, 0) is 0 Å². The van der Waals surface area contributed by atoms with Crippen molar-refractivity contribution in [2.75, 3.05) is 12.3 Å². The van der Waals surface area contributed by atoms with Crippen molar-refractivity contribution in [1.82, 2.24) is 10.2 Å². The number of nitrogens with zero attached hydrogens (tertiary/aromatic N) is 2. The molecule has 0 aliphatic heterocycles. The Bertz CT molecular complexity index is 499. The average Bonchev–Trinajstić information content (AvgIpc) is 2.67. The molecule has 0 atom stereocenters. The first-order chi connectivity index (χ1) is 7.70. The Morgan fingerprint density at radius 3 is 2.94 bits per heavy atom. The van der Waals surface area contributed by atoms with Gasteiger partial charge in [0.05, 0.1) is 12.2 Å². The molecule has 0 aliphatic carbocycles. The fourth-order valence-corrected chi connectivity index (χ4v) is 1.21. The van der Waals surface area contributed by atoms with Crippen LogP contribution in [0.15, 0.2) is 22.6 Å². The summed E-state index contributed by atoms with van der Waals surface area (Å²) in [5, 5.41) is 7.28. The van der Waals surface area contributed by atoms with Gasteiger partial charge in [-0.3, -0.25) is 0 Å². The Labute approximate surface area is 91.0 Å². The molecule has 84 valence electrons. The molecule has 2 aromatic rings. The summed E-state index contributed by atoms with van der Waals surface area (Å²) < 4.78 is 23.6. The summed E-state index contributed by atoms with van der Waals surface area (Å²) in [6.07, 6.45) is 0.0220. The van der Waals surface area contributed by atoms with Crippen LogP contribution in [0.1, 0.15) is 6.92 Å². The lowest BCUT2D eigenvalue weighted by Crippen LogP contribution is -1.90. The van der Waals surface area contributed by atoms with Crippen LogP contribution in [0, 0.1) is 5.82 Å². The second-order valence-corrected chi connectivity index (χ2v) is 3.05. The van der Waals surface area contributed by atoms with Crippen LogP contribution in [0.25, 0.3) is 11.5 Å². The SMILES string of the molecule is CCOc1nnc(-c2ccc(N)cc2F)o1. The van der Waals surface area contributed by atoms with E-state index in [4.69, 9.17) is 14.9 Å². The van der Waals surface area contributed by atoms with Gasteiger partial charge in [0.25, 0.3) is 5.89 Å². The van der Waals surface area contributed by atoms with Gasteiger partial charge >= 0.3 is 6.08 Å².